The van der Waals surface area contributed by atoms with Crippen molar-refractivity contribution < 1.29 is 13.2 Å². The average molecular weight is 611 g/mol. The fourth-order valence-corrected chi connectivity index (χ4v) is 5.37. The number of rotatable bonds is 2. The summed E-state index contributed by atoms with van der Waals surface area (Å²) in [7, 11) is 0. The molecule has 2 aliphatic carbocycles. The maximum Gasteiger partial charge on any atom is 0.270 e. The Hall–Kier alpha value is -8.32. The van der Waals surface area contributed by atoms with Gasteiger partial charge in [0.25, 0.3) is 11.4 Å². The zero-order chi connectivity index (χ0) is 34.2. The van der Waals surface area contributed by atoms with Gasteiger partial charge in [0, 0.05) is 34.0 Å². The molecule has 2 aliphatic rings. The van der Waals surface area contributed by atoms with Gasteiger partial charge in [-0.2, -0.15) is 25.2 Å². The number of nitrogens with zero attached hydrogens (tertiary/aromatic N) is 11. The number of hydrogen-bond donors (Lipinski definition) is 0. The van der Waals surface area contributed by atoms with E-state index < -0.39 is 79.6 Å². The average Bonchev–Trinajstić information content (AvgIpc) is 3.58. The van der Waals surface area contributed by atoms with Crippen LogP contribution in [-0.2, 0) is 0 Å². The standard InChI is InChI=1S/C33H4F3N11/c1-42-22-7-20(34)14(6-21(22)35)31-30(24(11-40)44-3)16-5-15-26(18(9-38)28(16)32(31)45-4)17(8-37)27(29(15)23(10-39)43-2)19-13-46-25(12-41)47-33(19)36/h5-7,13H/b29-23+,30-24-. The highest BCUT2D eigenvalue weighted by Gasteiger charge is 2.41. The van der Waals surface area contributed by atoms with Crippen molar-refractivity contribution in [3.8, 4) is 30.3 Å². The van der Waals surface area contributed by atoms with Crippen molar-refractivity contribution in [2.24, 2.45) is 0 Å². The Bertz CT molecular complexity index is 2560. The van der Waals surface area contributed by atoms with E-state index in [-0.39, 0.29) is 33.4 Å². The molecule has 11 nitrogen and oxygen atoms in total. The first kappa shape index (κ1) is 30.1. The molecule has 3 aromatic rings. The Balaban J connectivity index is 2.05. The van der Waals surface area contributed by atoms with Crippen LogP contribution in [0.2, 0.25) is 0 Å². The van der Waals surface area contributed by atoms with Crippen molar-refractivity contribution in [1.29, 1.82) is 26.3 Å². The maximum atomic E-state index is 15.5. The summed E-state index contributed by atoms with van der Waals surface area (Å²) in [5.74, 6) is -4.25. The van der Waals surface area contributed by atoms with Crippen LogP contribution < -0.4 is 0 Å². The lowest BCUT2D eigenvalue weighted by atomic mass is 9.88. The highest BCUT2D eigenvalue weighted by Crippen LogP contribution is 2.57. The Morgan fingerprint density at radius 3 is 1.83 bits per heavy atom. The summed E-state index contributed by atoms with van der Waals surface area (Å²) >= 11 is 0. The van der Waals surface area contributed by atoms with Gasteiger partial charge in [0.15, 0.2) is 0 Å². The number of benzene rings is 2. The number of aromatic nitrogens is 2. The van der Waals surface area contributed by atoms with Crippen molar-refractivity contribution >= 4 is 39.2 Å². The van der Waals surface area contributed by atoms with E-state index in [4.69, 9.17) is 31.6 Å². The van der Waals surface area contributed by atoms with E-state index in [1.807, 2.05) is 12.1 Å². The first-order valence-corrected chi connectivity index (χ1v) is 12.4. The van der Waals surface area contributed by atoms with Crippen molar-refractivity contribution in [2.45, 2.75) is 0 Å². The lowest BCUT2D eigenvalue weighted by molar-refractivity contribution is 0.573. The van der Waals surface area contributed by atoms with E-state index in [9.17, 15) is 25.4 Å². The minimum absolute atomic E-state index is 0.191. The van der Waals surface area contributed by atoms with Crippen molar-refractivity contribution in [1.82, 2.24) is 9.97 Å². The Morgan fingerprint density at radius 2 is 1.32 bits per heavy atom. The zero-order valence-electron chi connectivity index (χ0n) is 22.9. The lowest BCUT2D eigenvalue weighted by Crippen LogP contribution is -2.01. The SMILES string of the molecule is [C-]#[N+]C1=C(c2cc(F)c([N+]#[C-])cc2F)/C(=C(/C#N)[N+]#[C-])c2cc3c(c(C#N)c21)C(C#N)=C(c1cnc(C#N)nc1F)/C3=C(\C#N)[N+]#[C-]. The van der Waals surface area contributed by atoms with Crippen molar-refractivity contribution in [2.75, 3.05) is 0 Å². The smallest absolute Gasteiger partial charge is 0.237 e. The second-order valence-corrected chi connectivity index (χ2v) is 9.21. The Kier molecular flexibility index (Phi) is 7.31. The van der Waals surface area contributed by atoms with E-state index in [1.165, 1.54) is 0 Å². The van der Waals surface area contributed by atoms with E-state index in [1.54, 1.807) is 18.2 Å². The van der Waals surface area contributed by atoms with Crippen LogP contribution in [0.3, 0.4) is 0 Å². The largest absolute Gasteiger partial charge is 0.270 e. The normalized spacial score (nSPS) is 14.4. The fourth-order valence-electron chi connectivity index (χ4n) is 5.37. The minimum Gasteiger partial charge on any atom is -0.237 e. The molecule has 2 aromatic carbocycles. The van der Waals surface area contributed by atoms with E-state index in [2.05, 4.69) is 29.3 Å². The molecule has 0 aliphatic heterocycles. The molecule has 0 saturated carbocycles. The molecule has 0 amide bonds. The molecule has 0 N–H and O–H groups in total. The summed E-state index contributed by atoms with van der Waals surface area (Å²) in [5, 5.41) is 49.7. The Labute approximate surface area is 262 Å². The molecule has 0 bridgehead atoms. The van der Waals surface area contributed by atoms with Crippen LogP contribution in [0.5, 0.6) is 0 Å². The lowest BCUT2D eigenvalue weighted by Gasteiger charge is -2.14. The monoisotopic (exact) mass is 611 g/mol. The summed E-state index contributed by atoms with van der Waals surface area (Å²) in [5.41, 5.74) is -7.22. The van der Waals surface area contributed by atoms with Gasteiger partial charge in [0.1, 0.15) is 23.8 Å². The van der Waals surface area contributed by atoms with Crippen LogP contribution in [0.4, 0.5) is 18.9 Å². The first-order valence-electron chi connectivity index (χ1n) is 12.4. The maximum absolute atomic E-state index is 15.5. The van der Waals surface area contributed by atoms with Gasteiger partial charge in [-0.05, 0) is 40.5 Å². The van der Waals surface area contributed by atoms with Crippen LogP contribution in [-0.4, -0.2) is 9.97 Å². The van der Waals surface area contributed by atoms with Crippen LogP contribution in [0.15, 0.2) is 35.8 Å². The molecule has 0 unspecified atom stereocenters. The molecule has 14 heteroatoms. The van der Waals surface area contributed by atoms with E-state index in [0.29, 0.717) is 12.1 Å². The molecule has 1 heterocycles. The predicted octanol–water partition coefficient (Wildman–Crippen LogP) is 6.75. The summed E-state index contributed by atoms with van der Waals surface area (Å²) in [6.45, 7) is 30.3. The minimum atomic E-state index is -1.30. The molecular formula is C33H4F3N11. The van der Waals surface area contributed by atoms with Gasteiger partial charge in [0.2, 0.25) is 23.2 Å². The van der Waals surface area contributed by atoms with Crippen LogP contribution in [0, 0.1) is 101 Å². The number of nitriles is 5. The molecule has 0 fully saturated rings. The molecule has 1 aromatic heterocycles. The molecule has 47 heavy (non-hydrogen) atoms. The molecule has 5 rings (SSSR count). The quantitative estimate of drug-likeness (QED) is 0.176. The topological polar surface area (TPSA) is 162 Å². The van der Waals surface area contributed by atoms with Gasteiger partial charge in [-0.15, -0.1) is 0 Å². The molecule has 0 saturated heterocycles. The van der Waals surface area contributed by atoms with Gasteiger partial charge >= 0.3 is 0 Å². The van der Waals surface area contributed by atoms with Crippen LogP contribution in [0.1, 0.15) is 44.8 Å². The third kappa shape index (κ3) is 4.21. The second kappa shape index (κ2) is 11.4. The summed E-state index contributed by atoms with van der Waals surface area (Å²) in [6.07, 6.45) is 0.850. The predicted molar refractivity (Wildman–Crippen MR) is 155 cm³/mol. The first-order chi connectivity index (χ1) is 22.7. The van der Waals surface area contributed by atoms with Gasteiger partial charge < -0.3 is 0 Å². The van der Waals surface area contributed by atoms with E-state index >= 15 is 8.78 Å². The summed E-state index contributed by atoms with van der Waals surface area (Å²) in [6, 6.07) is 10.9. The second-order valence-electron chi connectivity index (χ2n) is 9.21. The highest BCUT2D eigenvalue weighted by atomic mass is 19.1. The molecule has 212 valence electrons. The Morgan fingerprint density at radius 1 is 0.681 bits per heavy atom. The van der Waals surface area contributed by atoms with Gasteiger partial charge in [-0.1, -0.05) is 0 Å². The van der Waals surface area contributed by atoms with Crippen molar-refractivity contribution in [3.05, 3.63) is 144 Å². The number of fused-ring (bicyclic) bond motifs is 2. The van der Waals surface area contributed by atoms with E-state index in [0.717, 1.165) is 12.3 Å². The summed E-state index contributed by atoms with van der Waals surface area (Å²) < 4.78 is 45.6. The van der Waals surface area contributed by atoms with Gasteiger partial charge in [-0.3, -0.25) is 0 Å². The fraction of sp³-hybridized carbons (Fsp3) is 0. The van der Waals surface area contributed by atoms with Crippen molar-refractivity contribution in [3.63, 3.8) is 0 Å². The molecule has 0 spiro atoms. The molecular weight excluding hydrogens is 607 g/mol. The molecule has 0 atom stereocenters. The number of halogens is 3. The number of hydrogen-bond acceptors (Lipinski definition) is 7. The highest BCUT2D eigenvalue weighted by molar-refractivity contribution is 6.30. The van der Waals surface area contributed by atoms with Crippen LogP contribution >= 0.6 is 0 Å². The zero-order valence-corrected chi connectivity index (χ0v) is 22.9. The van der Waals surface area contributed by atoms with Crippen LogP contribution in [0.25, 0.3) is 52.9 Å². The third-order valence-corrected chi connectivity index (χ3v) is 7.12. The van der Waals surface area contributed by atoms with Gasteiger partial charge in [-0.25, -0.2) is 43.7 Å². The number of allylic oxidation sites excluding steroid dienone is 7. The molecule has 0 radical (unpaired) electrons. The third-order valence-electron chi connectivity index (χ3n) is 7.12. The van der Waals surface area contributed by atoms with Gasteiger partial charge in [0.05, 0.1) is 61.2 Å². The summed E-state index contributed by atoms with van der Waals surface area (Å²) in [4.78, 5) is 19.9.